The summed E-state index contributed by atoms with van der Waals surface area (Å²) in [6, 6.07) is 10.4. The van der Waals surface area contributed by atoms with Crippen molar-refractivity contribution in [3.8, 4) is 10.6 Å². The van der Waals surface area contributed by atoms with Crippen LogP contribution in [-0.2, 0) is 9.53 Å². The second-order valence-electron chi connectivity index (χ2n) is 5.36. The molecule has 2 aromatic heterocycles. The first-order valence-electron chi connectivity index (χ1n) is 7.83. The van der Waals surface area contributed by atoms with Gasteiger partial charge in [-0.2, -0.15) is 0 Å². The molecule has 26 heavy (non-hydrogen) atoms. The number of benzene rings is 1. The summed E-state index contributed by atoms with van der Waals surface area (Å²) in [7, 11) is 1.33. The van der Waals surface area contributed by atoms with Crippen LogP contribution in [0.25, 0.3) is 10.6 Å². The summed E-state index contributed by atoms with van der Waals surface area (Å²) < 4.78 is 4.72. The van der Waals surface area contributed by atoms with Crippen LogP contribution < -0.4 is 10.6 Å². The van der Waals surface area contributed by atoms with Crippen LogP contribution in [0, 0.1) is 0 Å². The van der Waals surface area contributed by atoms with Crippen molar-refractivity contribution < 1.29 is 14.3 Å². The molecular weight excluding hydrogens is 370 g/mol. The predicted molar refractivity (Wildman–Crippen MR) is 103 cm³/mol. The highest BCUT2D eigenvalue weighted by atomic mass is 32.1. The Hall–Kier alpha value is -2.71. The zero-order valence-corrected chi connectivity index (χ0v) is 15.6. The van der Waals surface area contributed by atoms with Gasteiger partial charge < -0.3 is 15.4 Å². The fourth-order valence-corrected chi connectivity index (χ4v) is 3.77. The summed E-state index contributed by atoms with van der Waals surface area (Å²) in [5.41, 5.74) is 1.65. The number of hydrogen-bond donors (Lipinski definition) is 2. The zero-order valence-electron chi connectivity index (χ0n) is 14.0. The molecule has 0 aliphatic heterocycles. The number of carbonyl (C=O) groups excluding carboxylic acids is 2. The Labute approximate surface area is 158 Å². The monoisotopic (exact) mass is 387 g/mol. The molecule has 1 atom stereocenters. The van der Waals surface area contributed by atoms with E-state index in [-0.39, 0.29) is 18.4 Å². The van der Waals surface area contributed by atoms with Gasteiger partial charge in [0.2, 0.25) is 0 Å². The van der Waals surface area contributed by atoms with Gasteiger partial charge in [-0.3, -0.25) is 4.79 Å². The Kier molecular flexibility index (Phi) is 5.98. The number of thiazole rings is 1. The number of nitrogens with zero attached hydrogens (tertiary/aromatic N) is 1. The van der Waals surface area contributed by atoms with Gasteiger partial charge in [0.15, 0.2) is 0 Å². The summed E-state index contributed by atoms with van der Waals surface area (Å²) in [4.78, 5) is 29.1. The minimum atomic E-state index is -0.433. The summed E-state index contributed by atoms with van der Waals surface area (Å²) in [5.74, 6) is -0.378. The van der Waals surface area contributed by atoms with Crippen molar-refractivity contribution in [1.82, 2.24) is 10.3 Å². The second kappa shape index (κ2) is 8.59. The summed E-state index contributed by atoms with van der Waals surface area (Å²) >= 11 is 3.03. The van der Waals surface area contributed by atoms with Crippen molar-refractivity contribution in [2.24, 2.45) is 0 Å². The number of nitrogens with one attached hydrogen (secondary N) is 2. The molecule has 3 rings (SSSR count). The molecule has 6 nitrogen and oxygen atoms in total. The van der Waals surface area contributed by atoms with Crippen molar-refractivity contribution in [1.29, 1.82) is 0 Å². The van der Waals surface area contributed by atoms with Crippen LogP contribution in [0.5, 0.6) is 0 Å². The second-order valence-corrected chi connectivity index (χ2v) is 7.24. The molecule has 2 N–H and O–H groups in total. The van der Waals surface area contributed by atoms with E-state index in [1.807, 2.05) is 47.2 Å². The number of urea groups is 1. The van der Waals surface area contributed by atoms with E-state index in [9.17, 15) is 9.59 Å². The normalized spacial score (nSPS) is 11.6. The molecular formula is C18H17N3O3S2. The van der Waals surface area contributed by atoms with Crippen LogP contribution in [0.15, 0.2) is 53.4 Å². The highest BCUT2D eigenvalue weighted by molar-refractivity contribution is 7.13. The number of methoxy groups -OCH3 is 1. The van der Waals surface area contributed by atoms with Crippen LogP contribution in [0.1, 0.15) is 17.3 Å². The van der Waals surface area contributed by atoms with Crippen molar-refractivity contribution in [3.63, 3.8) is 0 Å². The number of amides is 2. The molecule has 0 aliphatic carbocycles. The highest BCUT2D eigenvalue weighted by Crippen LogP contribution is 2.24. The summed E-state index contributed by atoms with van der Waals surface area (Å²) in [6.07, 6.45) is 1.83. The van der Waals surface area contributed by atoms with Crippen molar-refractivity contribution >= 4 is 40.4 Å². The molecule has 0 aliphatic rings. The van der Waals surface area contributed by atoms with E-state index in [1.54, 1.807) is 17.5 Å². The Morgan fingerprint density at radius 1 is 1.15 bits per heavy atom. The third-order valence-electron chi connectivity index (χ3n) is 3.61. The largest absolute Gasteiger partial charge is 0.469 e. The number of rotatable bonds is 6. The van der Waals surface area contributed by atoms with E-state index in [1.165, 1.54) is 18.4 Å². The lowest BCUT2D eigenvalue weighted by Crippen LogP contribution is -2.33. The molecule has 0 bridgehead atoms. The Morgan fingerprint density at radius 3 is 2.58 bits per heavy atom. The molecule has 0 radical (unpaired) electrons. The van der Waals surface area contributed by atoms with E-state index < -0.39 is 6.04 Å². The van der Waals surface area contributed by atoms with Crippen LogP contribution >= 0.6 is 22.7 Å². The molecule has 0 saturated heterocycles. The van der Waals surface area contributed by atoms with Crippen LogP contribution in [0.4, 0.5) is 10.5 Å². The van der Waals surface area contributed by atoms with E-state index in [2.05, 4.69) is 15.6 Å². The molecule has 2 heterocycles. The number of anilines is 1. The van der Waals surface area contributed by atoms with Crippen LogP contribution in [-0.4, -0.2) is 24.1 Å². The highest BCUT2D eigenvalue weighted by Gasteiger charge is 2.19. The lowest BCUT2D eigenvalue weighted by Gasteiger charge is -2.17. The topological polar surface area (TPSA) is 80.3 Å². The quantitative estimate of drug-likeness (QED) is 0.618. The molecule has 0 saturated carbocycles. The maximum absolute atomic E-state index is 12.3. The van der Waals surface area contributed by atoms with Gasteiger partial charge in [-0.1, -0.05) is 6.07 Å². The maximum atomic E-state index is 12.3. The first-order valence-corrected chi connectivity index (χ1v) is 9.59. The number of thiophene rings is 1. The fourth-order valence-electron chi connectivity index (χ4n) is 2.35. The van der Waals surface area contributed by atoms with Gasteiger partial charge in [0.05, 0.1) is 19.6 Å². The third-order valence-corrected chi connectivity index (χ3v) is 5.42. The smallest absolute Gasteiger partial charge is 0.319 e. The molecule has 134 valence electrons. The zero-order chi connectivity index (χ0) is 18.4. The first-order chi connectivity index (χ1) is 12.7. The lowest BCUT2D eigenvalue weighted by atomic mass is 10.1. The Balaban J connectivity index is 1.63. The predicted octanol–water partition coefficient (Wildman–Crippen LogP) is 4.30. The SMILES string of the molecule is COC(=O)C[C@H](NC(=O)Nc1ccc(-c2nccs2)cc1)c1cccs1. The molecule has 0 unspecified atom stereocenters. The minimum absolute atomic E-state index is 0.0768. The first kappa shape index (κ1) is 18.1. The van der Waals surface area contributed by atoms with E-state index >= 15 is 0 Å². The molecule has 0 spiro atoms. The maximum Gasteiger partial charge on any atom is 0.319 e. The number of esters is 1. The molecule has 2 amide bonds. The van der Waals surface area contributed by atoms with E-state index in [0.717, 1.165) is 15.4 Å². The average molecular weight is 387 g/mol. The standard InChI is InChI=1S/C18H17N3O3S2/c1-24-16(22)11-14(15-3-2-9-25-15)21-18(23)20-13-6-4-12(5-7-13)17-19-8-10-26-17/h2-10,14H,11H2,1H3,(H2,20,21,23)/t14-/m0/s1. The summed E-state index contributed by atoms with van der Waals surface area (Å²) in [6.45, 7) is 0. The van der Waals surface area contributed by atoms with Crippen LogP contribution in [0.3, 0.4) is 0 Å². The van der Waals surface area contributed by atoms with Gasteiger partial charge in [-0.15, -0.1) is 22.7 Å². The number of ether oxygens (including phenoxy) is 1. The van der Waals surface area contributed by atoms with Gasteiger partial charge in [0, 0.05) is 27.7 Å². The fraction of sp³-hybridized carbons (Fsp3) is 0.167. The van der Waals surface area contributed by atoms with Gasteiger partial charge in [-0.25, -0.2) is 9.78 Å². The van der Waals surface area contributed by atoms with Gasteiger partial charge in [-0.05, 0) is 35.7 Å². The molecule has 1 aromatic carbocycles. The van der Waals surface area contributed by atoms with Gasteiger partial charge in [0.25, 0.3) is 0 Å². The number of carbonyl (C=O) groups is 2. The number of aromatic nitrogens is 1. The average Bonchev–Trinajstić information content (AvgIpc) is 3.35. The number of hydrogen-bond acceptors (Lipinski definition) is 6. The van der Waals surface area contributed by atoms with Gasteiger partial charge in [0.1, 0.15) is 5.01 Å². The molecule has 0 fully saturated rings. The lowest BCUT2D eigenvalue weighted by molar-refractivity contribution is -0.141. The minimum Gasteiger partial charge on any atom is -0.469 e. The Bertz CT molecular complexity index is 846. The van der Waals surface area contributed by atoms with Crippen LogP contribution in [0.2, 0.25) is 0 Å². The van der Waals surface area contributed by atoms with Gasteiger partial charge >= 0.3 is 12.0 Å². The Morgan fingerprint density at radius 2 is 1.96 bits per heavy atom. The van der Waals surface area contributed by atoms with Crippen molar-refractivity contribution in [3.05, 3.63) is 58.2 Å². The molecule has 8 heteroatoms. The van der Waals surface area contributed by atoms with E-state index in [0.29, 0.717) is 5.69 Å². The summed E-state index contributed by atoms with van der Waals surface area (Å²) in [5, 5.41) is 10.4. The third kappa shape index (κ3) is 4.68. The van der Waals surface area contributed by atoms with Crippen molar-refractivity contribution in [2.45, 2.75) is 12.5 Å². The molecule has 3 aromatic rings. The van der Waals surface area contributed by atoms with Crippen molar-refractivity contribution in [2.75, 3.05) is 12.4 Å². The van der Waals surface area contributed by atoms with E-state index in [4.69, 9.17) is 4.74 Å².